The summed E-state index contributed by atoms with van der Waals surface area (Å²) in [5.74, 6) is 2.01. The van der Waals surface area contributed by atoms with Crippen LogP contribution in [0.3, 0.4) is 0 Å². The molecule has 3 rings (SSSR count). The van der Waals surface area contributed by atoms with E-state index in [1.807, 2.05) is 11.8 Å². The Morgan fingerprint density at radius 3 is 2.76 bits per heavy atom. The minimum Gasteiger partial charge on any atom is -0.309 e. The van der Waals surface area contributed by atoms with E-state index in [-0.39, 0.29) is 6.04 Å². The molecule has 1 aromatic heterocycles. The number of nitrogens with one attached hydrogen (secondary N) is 2. The highest BCUT2D eigenvalue weighted by molar-refractivity contribution is 9.11. The summed E-state index contributed by atoms with van der Waals surface area (Å²) in [5, 5.41) is 3.42. The van der Waals surface area contributed by atoms with Crippen LogP contribution >= 0.6 is 39.0 Å². The van der Waals surface area contributed by atoms with E-state index >= 15 is 0 Å². The van der Waals surface area contributed by atoms with E-state index in [0.717, 1.165) is 35.8 Å². The number of thioether (sulfide) groups is 1. The largest absolute Gasteiger partial charge is 0.309 e. The van der Waals surface area contributed by atoms with Gasteiger partial charge in [0.2, 0.25) is 10.0 Å². The van der Waals surface area contributed by atoms with Gasteiger partial charge in [-0.05, 0) is 53.4 Å². The van der Waals surface area contributed by atoms with Gasteiger partial charge in [-0.25, -0.2) is 13.1 Å². The predicted octanol–water partition coefficient (Wildman–Crippen LogP) is 2.94. The van der Waals surface area contributed by atoms with Crippen molar-refractivity contribution >= 4 is 49.1 Å². The third-order valence-corrected chi connectivity index (χ3v) is 8.61. The van der Waals surface area contributed by atoms with Gasteiger partial charge < -0.3 is 5.32 Å². The fourth-order valence-corrected chi connectivity index (χ4v) is 7.40. The van der Waals surface area contributed by atoms with Crippen LogP contribution in [0.2, 0.25) is 0 Å². The van der Waals surface area contributed by atoms with Gasteiger partial charge in [-0.1, -0.05) is 0 Å². The molecule has 2 heterocycles. The maximum absolute atomic E-state index is 12.5. The minimum atomic E-state index is -3.42. The van der Waals surface area contributed by atoms with E-state index in [1.165, 1.54) is 24.2 Å². The van der Waals surface area contributed by atoms with Gasteiger partial charge in [0.15, 0.2) is 0 Å². The second-order valence-corrected chi connectivity index (χ2v) is 10.8. The molecule has 1 saturated carbocycles. The Bertz CT molecular complexity index is 593. The molecular weight excluding hydrogens is 392 g/mol. The van der Waals surface area contributed by atoms with Crippen LogP contribution in [0.25, 0.3) is 0 Å². The molecule has 1 unspecified atom stereocenters. The first-order valence-corrected chi connectivity index (χ1v) is 11.4. The first-order valence-electron chi connectivity index (χ1n) is 7.16. The van der Waals surface area contributed by atoms with Crippen molar-refractivity contribution in [2.24, 2.45) is 0 Å². The molecule has 0 amide bonds. The number of halogens is 1. The average molecular weight is 411 g/mol. The van der Waals surface area contributed by atoms with Crippen molar-refractivity contribution < 1.29 is 8.42 Å². The molecule has 1 aliphatic carbocycles. The molecule has 2 aliphatic rings. The van der Waals surface area contributed by atoms with Crippen molar-refractivity contribution in [1.29, 1.82) is 0 Å². The van der Waals surface area contributed by atoms with Crippen LogP contribution < -0.4 is 10.0 Å². The predicted molar refractivity (Wildman–Crippen MR) is 92.5 cm³/mol. The van der Waals surface area contributed by atoms with Crippen LogP contribution in [0.15, 0.2) is 14.7 Å². The van der Waals surface area contributed by atoms with Crippen molar-refractivity contribution in [1.82, 2.24) is 10.0 Å². The molecule has 0 radical (unpaired) electrons. The molecule has 1 aromatic rings. The first-order chi connectivity index (χ1) is 10.0. The van der Waals surface area contributed by atoms with Gasteiger partial charge in [0, 0.05) is 29.3 Å². The lowest BCUT2D eigenvalue weighted by atomic mass is 10.2. The van der Waals surface area contributed by atoms with Gasteiger partial charge in [0.05, 0.1) is 3.79 Å². The van der Waals surface area contributed by atoms with Crippen molar-refractivity contribution in [2.45, 2.75) is 49.2 Å². The molecule has 0 bridgehead atoms. The first kappa shape index (κ1) is 16.3. The summed E-state index contributed by atoms with van der Waals surface area (Å²) in [5.41, 5.74) is 0. The molecule has 0 aromatic carbocycles. The lowest BCUT2D eigenvalue weighted by molar-refractivity contribution is 0.543. The maximum atomic E-state index is 12.5. The summed E-state index contributed by atoms with van der Waals surface area (Å²) in [6.45, 7) is 0.753. The van der Waals surface area contributed by atoms with Crippen LogP contribution in [-0.4, -0.2) is 32.0 Å². The average Bonchev–Trinajstić information content (AvgIpc) is 3.19. The monoisotopic (exact) mass is 410 g/mol. The summed E-state index contributed by atoms with van der Waals surface area (Å²) in [6, 6.07) is 2.49. The SMILES string of the molecule is O=S(=O)(NC1CCCSC1)c1cc(CNC2CC2)sc1Br. The van der Waals surface area contributed by atoms with Gasteiger partial charge >= 0.3 is 0 Å². The molecule has 4 nitrogen and oxygen atoms in total. The molecular formula is C13H19BrN2O2S3. The third kappa shape index (κ3) is 4.45. The van der Waals surface area contributed by atoms with E-state index in [4.69, 9.17) is 0 Å². The Morgan fingerprint density at radius 1 is 1.29 bits per heavy atom. The van der Waals surface area contributed by atoms with E-state index in [2.05, 4.69) is 26.0 Å². The highest BCUT2D eigenvalue weighted by Crippen LogP contribution is 2.33. The molecule has 2 N–H and O–H groups in total. The minimum absolute atomic E-state index is 0.0635. The quantitative estimate of drug-likeness (QED) is 0.756. The molecule has 1 aliphatic heterocycles. The Morgan fingerprint density at radius 2 is 2.10 bits per heavy atom. The van der Waals surface area contributed by atoms with Crippen LogP contribution in [0.4, 0.5) is 0 Å². The van der Waals surface area contributed by atoms with Crippen LogP contribution in [-0.2, 0) is 16.6 Å². The summed E-state index contributed by atoms with van der Waals surface area (Å²) >= 11 is 6.73. The molecule has 8 heteroatoms. The lowest BCUT2D eigenvalue weighted by Crippen LogP contribution is -2.38. The zero-order valence-corrected chi connectivity index (χ0v) is 15.6. The molecule has 21 heavy (non-hydrogen) atoms. The molecule has 1 saturated heterocycles. The Kier molecular flexibility index (Phi) is 5.33. The highest BCUT2D eigenvalue weighted by Gasteiger charge is 2.26. The number of hydrogen-bond donors (Lipinski definition) is 2. The number of thiophene rings is 1. The van der Waals surface area contributed by atoms with Gasteiger partial charge in [0.25, 0.3) is 0 Å². The van der Waals surface area contributed by atoms with Crippen molar-refractivity contribution in [3.8, 4) is 0 Å². The zero-order valence-electron chi connectivity index (χ0n) is 11.6. The Labute approximate surface area is 142 Å². The van der Waals surface area contributed by atoms with Crippen LogP contribution in [0.5, 0.6) is 0 Å². The maximum Gasteiger partial charge on any atom is 0.242 e. The van der Waals surface area contributed by atoms with Gasteiger partial charge in [-0.15, -0.1) is 11.3 Å². The number of hydrogen-bond acceptors (Lipinski definition) is 5. The third-order valence-electron chi connectivity index (χ3n) is 3.62. The van der Waals surface area contributed by atoms with Crippen LogP contribution in [0, 0.1) is 0 Å². The summed E-state index contributed by atoms with van der Waals surface area (Å²) in [4.78, 5) is 1.45. The van der Waals surface area contributed by atoms with Gasteiger partial charge in [-0.3, -0.25) is 0 Å². The zero-order chi connectivity index (χ0) is 14.9. The van der Waals surface area contributed by atoms with Crippen molar-refractivity contribution in [3.63, 3.8) is 0 Å². The fraction of sp³-hybridized carbons (Fsp3) is 0.692. The van der Waals surface area contributed by atoms with E-state index in [9.17, 15) is 8.42 Å². The number of sulfonamides is 1. The van der Waals surface area contributed by atoms with E-state index in [1.54, 1.807) is 6.07 Å². The Balaban J connectivity index is 1.68. The molecule has 0 spiro atoms. The topological polar surface area (TPSA) is 58.2 Å². The van der Waals surface area contributed by atoms with E-state index < -0.39 is 10.0 Å². The molecule has 118 valence electrons. The summed E-state index contributed by atoms with van der Waals surface area (Å²) in [7, 11) is -3.42. The fourth-order valence-electron chi connectivity index (χ4n) is 2.32. The van der Waals surface area contributed by atoms with Crippen molar-refractivity contribution in [2.75, 3.05) is 11.5 Å². The summed E-state index contributed by atoms with van der Waals surface area (Å²) in [6.07, 6.45) is 4.49. The number of rotatable bonds is 6. The second kappa shape index (κ2) is 6.88. The smallest absolute Gasteiger partial charge is 0.242 e. The molecule has 2 fully saturated rings. The normalized spacial score (nSPS) is 23.4. The highest BCUT2D eigenvalue weighted by atomic mass is 79.9. The van der Waals surface area contributed by atoms with Crippen LogP contribution in [0.1, 0.15) is 30.6 Å². The van der Waals surface area contributed by atoms with Gasteiger partial charge in [0.1, 0.15) is 4.90 Å². The lowest BCUT2D eigenvalue weighted by Gasteiger charge is -2.22. The summed E-state index contributed by atoms with van der Waals surface area (Å²) < 4.78 is 28.6. The van der Waals surface area contributed by atoms with E-state index in [0.29, 0.717) is 14.7 Å². The Hall–Kier alpha value is 0.400. The second-order valence-electron chi connectivity index (χ2n) is 5.54. The molecule has 1 atom stereocenters. The van der Waals surface area contributed by atoms with Gasteiger partial charge in [-0.2, -0.15) is 11.8 Å². The standard InChI is InChI=1S/C13H19BrN2O2S3/c14-13-12(6-11(20-13)7-15-9-3-4-9)21(17,18)16-10-2-1-5-19-8-10/h6,9-10,15-16H,1-5,7-8H2. The van der Waals surface area contributed by atoms with Crippen molar-refractivity contribution in [3.05, 3.63) is 14.7 Å².